The van der Waals surface area contributed by atoms with Gasteiger partial charge in [0.2, 0.25) is 5.95 Å². The molecular weight excluding hydrogens is 290 g/mol. The minimum atomic E-state index is -0.126. The molecule has 0 saturated carbocycles. The fourth-order valence-electron chi connectivity index (χ4n) is 2.91. The van der Waals surface area contributed by atoms with E-state index in [1.807, 2.05) is 31.2 Å². The number of aromatic nitrogens is 2. The topological polar surface area (TPSA) is 55.2 Å². The predicted molar refractivity (Wildman–Crippen MR) is 88.9 cm³/mol. The molecule has 0 atom stereocenters. The molecule has 4 rings (SSSR count). The highest BCUT2D eigenvalue weighted by Gasteiger charge is 2.28. The summed E-state index contributed by atoms with van der Waals surface area (Å²) >= 11 is 0. The van der Waals surface area contributed by atoms with Gasteiger partial charge in [-0.1, -0.05) is 29.8 Å². The van der Waals surface area contributed by atoms with Crippen LogP contribution in [0.5, 0.6) is 0 Å². The molecule has 3 aromatic rings. The van der Waals surface area contributed by atoms with Gasteiger partial charge in [0.05, 0.1) is 10.9 Å². The number of anilines is 1. The van der Waals surface area contributed by atoms with E-state index in [-0.39, 0.29) is 11.5 Å². The van der Waals surface area contributed by atoms with Crippen molar-refractivity contribution < 1.29 is 4.79 Å². The molecule has 1 aromatic heterocycles. The second kappa shape index (κ2) is 5.05. The molecule has 1 aliphatic heterocycles. The van der Waals surface area contributed by atoms with E-state index in [9.17, 15) is 9.59 Å². The molecule has 0 bridgehead atoms. The summed E-state index contributed by atoms with van der Waals surface area (Å²) in [6, 6.07) is 14.6. The number of hydrogen-bond acceptors (Lipinski definition) is 3. The Kier molecular flexibility index (Phi) is 3.01. The van der Waals surface area contributed by atoms with Crippen molar-refractivity contribution in [1.82, 2.24) is 9.55 Å². The summed E-state index contributed by atoms with van der Waals surface area (Å²) in [7, 11) is 0. The van der Waals surface area contributed by atoms with Crippen LogP contribution in [0.15, 0.2) is 53.3 Å². The molecule has 0 radical (unpaired) electrons. The summed E-state index contributed by atoms with van der Waals surface area (Å²) in [5, 5.41) is 0.584. The highest BCUT2D eigenvalue weighted by atomic mass is 16.2. The molecule has 0 fully saturated rings. The fraction of sp³-hybridized carbons (Fsp3) is 0.167. The first-order valence-corrected chi connectivity index (χ1v) is 7.53. The van der Waals surface area contributed by atoms with Gasteiger partial charge in [-0.25, -0.2) is 4.98 Å². The average Bonchev–Trinajstić information content (AvgIpc) is 2.99. The number of amides is 1. The zero-order valence-electron chi connectivity index (χ0n) is 12.7. The minimum absolute atomic E-state index is 0.0928. The molecule has 1 aliphatic rings. The number of aryl methyl sites for hydroxylation is 1. The number of rotatable bonds is 1. The van der Waals surface area contributed by atoms with E-state index in [2.05, 4.69) is 4.98 Å². The SMILES string of the molecule is Cc1ccc(C(=O)N2CCn3c2nc2ccccc2c3=O)cc1. The van der Waals surface area contributed by atoms with Crippen molar-refractivity contribution in [3.8, 4) is 0 Å². The lowest BCUT2D eigenvalue weighted by molar-refractivity contribution is 0.0988. The van der Waals surface area contributed by atoms with E-state index in [0.29, 0.717) is 35.5 Å². The van der Waals surface area contributed by atoms with Crippen molar-refractivity contribution >= 4 is 22.8 Å². The fourth-order valence-corrected chi connectivity index (χ4v) is 2.91. The lowest BCUT2D eigenvalue weighted by Gasteiger charge is -2.15. The van der Waals surface area contributed by atoms with Gasteiger partial charge in [0.1, 0.15) is 0 Å². The van der Waals surface area contributed by atoms with Crippen molar-refractivity contribution in [1.29, 1.82) is 0 Å². The Morgan fingerprint density at radius 3 is 2.57 bits per heavy atom. The molecule has 2 aromatic carbocycles. The molecule has 1 amide bonds. The highest BCUT2D eigenvalue weighted by molar-refractivity contribution is 6.05. The molecular formula is C18H15N3O2. The second-order valence-electron chi connectivity index (χ2n) is 5.71. The van der Waals surface area contributed by atoms with Crippen LogP contribution < -0.4 is 10.5 Å². The maximum Gasteiger partial charge on any atom is 0.262 e. The lowest BCUT2D eigenvalue weighted by Crippen LogP contribution is -2.30. The van der Waals surface area contributed by atoms with Crippen LogP contribution in [0.25, 0.3) is 10.9 Å². The van der Waals surface area contributed by atoms with Gasteiger partial charge in [-0.05, 0) is 31.2 Å². The molecule has 114 valence electrons. The summed E-state index contributed by atoms with van der Waals surface area (Å²) in [5.74, 6) is 0.303. The average molecular weight is 305 g/mol. The standard InChI is InChI=1S/C18H15N3O2/c1-12-6-8-13(9-7-12)16(22)20-10-11-21-17(23)14-4-2-3-5-15(14)19-18(20)21/h2-9H,10-11H2,1H3. The Morgan fingerprint density at radius 2 is 1.78 bits per heavy atom. The van der Waals surface area contributed by atoms with Crippen molar-refractivity contribution in [2.75, 3.05) is 11.4 Å². The van der Waals surface area contributed by atoms with Crippen LogP contribution in [-0.4, -0.2) is 22.0 Å². The lowest BCUT2D eigenvalue weighted by atomic mass is 10.1. The highest BCUT2D eigenvalue weighted by Crippen LogP contribution is 2.22. The molecule has 0 aliphatic carbocycles. The first-order valence-electron chi connectivity index (χ1n) is 7.53. The molecule has 0 spiro atoms. The molecule has 5 nitrogen and oxygen atoms in total. The molecule has 0 unspecified atom stereocenters. The zero-order valence-corrected chi connectivity index (χ0v) is 12.7. The van der Waals surface area contributed by atoms with Crippen LogP contribution in [0, 0.1) is 6.92 Å². The summed E-state index contributed by atoms with van der Waals surface area (Å²) in [4.78, 5) is 31.4. The summed E-state index contributed by atoms with van der Waals surface area (Å²) in [6.07, 6.45) is 0. The van der Waals surface area contributed by atoms with Crippen LogP contribution in [-0.2, 0) is 6.54 Å². The Labute approximate surface area is 132 Å². The minimum Gasteiger partial charge on any atom is -0.276 e. The van der Waals surface area contributed by atoms with Gasteiger partial charge in [0, 0.05) is 18.7 Å². The maximum atomic E-state index is 12.7. The van der Waals surface area contributed by atoms with E-state index < -0.39 is 0 Å². The van der Waals surface area contributed by atoms with Crippen LogP contribution in [0.2, 0.25) is 0 Å². The van der Waals surface area contributed by atoms with Gasteiger partial charge < -0.3 is 0 Å². The summed E-state index contributed by atoms with van der Waals surface area (Å²) in [5.41, 5.74) is 2.23. The largest absolute Gasteiger partial charge is 0.276 e. The van der Waals surface area contributed by atoms with Gasteiger partial charge in [-0.15, -0.1) is 0 Å². The molecule has 2 heterocycles. The molecule has 23 heavy (non-hydrogen) atoms. The maximum absolute atomic E-state index is 12.7. The Morgan fingerprint density at radius 1 is 1.04 bits per heavy atom. The third-order valence-electron chi connectivity index (χ3n) is 4.17. The van der Waals surface area contributed by atoms with Gasteiger partial charge in [-0.3, -0.25) is 19.1 Å². The van der Waals surface area contributed by atoms with Gasteiger partial charge in [-0.2, -0.15) is 0 Å². The van der Waals surface area contributed by atoms with E-state index >= 15 is 0 Å². The van der Waals surface area contributed by atoms with Crippen molar-refractivity contribution in [3.63, 3.8) is 0 Å². The third-order valence-corrected chi connectivity index (χ3v) is 4.17. The molecule has 0 saturated heterocycles. The van der Waals surface area contributed by atoms with Crippen molar-refractivity contribution in [2.45, 2.75) is 13.5 Å². The normalized spacial score (nSPS) is 13.3. The smallest absolute Gasteiger partial charge is 0.262 e. The van der Waals surface area contributed by atoms with Crippen molar-refractivity contribution in [3.05, 3.63) is 70.0 Å². The van der Waals surface area contributed by atoms with E-state index in [1.54, 1.807) is 33.7 Å². The number of para-hydroxylation sites is 1. The first kappa shape index (κ1) is 13.7. The van der Waals surface area contributed by atoms with Crippen molar-refractivity contribution in [2.24, 2.45) is 0 Å². The van der Waals surface area contributed by atoms with Crippen LogP contribution >= 0.6 is 0 Å². The number of fused-ring (bicyclic) bond motifs is 2. The van der Waals surface area contributed by atoms with E-state index in [4.69, 9.17) is 0 Å². The van der Waals surface area contributed by atoms with Gasteiger partial charge in [0.25, 0.3) is 11.5 Å². The first-order chi connectivity index (χ1) is 11.1. The van der Waals surface area contributed by atoms with E-state index in [0.717, 1.165) is 5.56 Å². The van der Waals surface area contributed by atoms with Crippen LogP contribution in [0.4, 0.5) is 5.95 Å². The quantitative estimate of drug-likeness (QED) is 0.693. The Balaban J connectivity index is 1.82. The summed E-state index contributed by atoms with van der Waals surface area (Å²) < 4.78 is 1.58. The van der Waals surface area contributed by atoms with Crippen LogP contribution in [0.3, 0.4) is 0 Å². The third kappa shape index (κ3) is 2.12. The van der Waals surface area contributed by atoms with Gasteiger partial charge >= 0.3 is 0 Å². The predicted octanol–water partition coefficient (Wildman–Crippen LogP) is 2.37. The zero-order chi connectivity index (χ0) is 16.0. The Bertz CT molecular complexity index is 974. The number of carbonyl (C=O) groups excluding carboxylic acids is 1. The summed E-state index contributed by atoms with van der Waals surface area (Å²) in [6.45, 7) is 2.92. The number of nitrogens with zero attached hydrogens (tertiary/aromatic N) is 3. The second-order valence-corrected chi connectivity index (χ2v) is 5.71. The number of hydrogen-bond donors (Lipinski definition) is 0. The molecule has 5 heteroatoms. The number of benzene rings is 2. The monoisotopic (exact) mass is 305 g/mol. The van der Waals surface area contributed by atoms with E-state index in [1.165, 1.54) is 0 Å². The van der Waals surface area contributed by atoms with Crippen LogP contribution in [0.1, 0.15) is 15.9 Å². The molecule has 0 N–H and O–H groups in total. The Hall–Kier alpha value is -2.95. The van der Waals surface area contributed by atoms with Gasteiger partial charge in [0.15, 0.2) is 0 Å². The number of carbonyl (C=O) groups is 1.